The molecule has 1 aromatic heterocycles. The van der Waals surface area contributed by atoms with Crippen molar-refractivity contribution in [2.24, 2.45) is 0 Å². The summed E-state index contributed by atoms with van der Waals surface area (Å²) in [7, 11) is 0. The van der Waals surface area contributed by atoms with Crippen LogP contribution in [0.2, 0.25) is 0 Å². The van der Waals surface area contributed by atoms with Gasteiger partial charge < -0.3 is 20.3 Å². The normalized spacial score (nSPS) is 22.7. The number of amides is 2. The largest absolute Gasteiger partial charge is 0.376 e. The number of carbonyl (C=O) groups is 1. The van der Waals surface area contributed by atoms with Gasteiger partial charge in [0.15, 0.2) is 0 Å². The Kier molecular flexibility index (Phi) is 5.33. The third kappa shape index (κ3) is 4.34. The van der Waals surface area contributed by atoms with Crippen LogP contribution in [-0.2, 0) is 4.74 Å². The molecule has 2 atom stereocenters. The van der Waals surface area contributed by atoms with Gasteiger partial charge in [-0.1, -0.05) is 0 Å². The smallest absolute Gasteiger partial charge is 0.319 e. The molecule has 3 heterocycles. The molecule has 0 radical (unpaired) electrons. The summed E-state index contributed by atoms with van der Waals surface area (Å²) in [5.41, 5.74) is 0.711. The van der Waals surface area contributed by atoms with E-state index in [4.69, 9.17) is 4.74 Å². The highest BCUT2D eigenvalue weighted by Crippen LogP contribution is 2.19. The van der Waals surface area contributed by atoms with E-state index in [1.54, 1.807) is 6.20 Å². The van der Waals surface area contributed by atoms with Crippen molar-refractivity contribution in [1.29, 1.82) is 0 Å². The molecule has 3 rings (SSSR count). The first-order chi connectivity index (χ1) is 11.2. The van der Waals surface area contributed by atoms with Crippen LogP contribution in [0.15, 0.2) is 18.3 Å². The van der Waals surface area contributed by atoms with E-state index in [1.807, 2.05) is 19.1 Å². The second-order valence-electron chi connectivity index (χ2n) is 6.39. The van der Waals surface area contributed by atoms with Crippen LogP contribution in [-0.4, -0.2) is 42.9 Å². The fourth-order valence-corrected chi connectivity index (χ4v) is 3.23. The van der Waals surface area contributed by atoms with Gasteiger partial charge in [-0.2, -0.15) is 0 Å². The lowest BCUT2D eigenvalue weighted by Crippen LogP contribution is -2.43. The van der Waals surface area contributed by atoms with Gasteiger partial charge in [0.05, 0.1) is 24.0 Å². The zero-order chi connectivity index (χ0) is 16.1. The van der Waals surface area contributed by atoms with Crippen LogP contribution in [0.4, 0.5) is 16.3 Å². The first-order valence-corrected chi connectivity index (χ1v) is 8.62. The highest BCUT2D eigenvalue weighted by molar-refractivity contribution is 5.89. The first kappa shape index (κ1) is 16.1. The van der Waals surface area contributed by atoms with Crippen LogP contribution in [0.1, 0.15) is 39.0 Å². The van der Waals surface area contributed by atoms with E-state index in [0.717, 1.165) is 38.4 Å². The minimum absolute atomic E-state index is 0.0121. The maximum Gasteiger partial charge on any atom is 0.319 e. The molecule has 2 amide bonds. The Hall–Kier alpha value is -1.82. The van der Waals surface area contributed by atoms with Gasteiger partial charge in [0, 0.05) is 19.7 Å². The fraction of sp³-hybridized carbons (Fsp3) is 0.647. The Morgan fingerprint density at radius 1 is 1.30 bits per heavy atom. The maximum atomic E-state index is 12.1. The molecule has 0 saturated carbocycles. The standard InChI is InChI=1S/C17H26N4O2/c1-13(15-6-5-11-23-15)19-17(22)20-14-7-8-16(18-12-14)21-9-3-2-4-10-21/h7-8,12-13,15H,2-6,9-11H2,1H3,(H2,19,20,22). The predicted molar refractivity (Wildman–Crippen MR) is 90.9 cm³/mol. The number of hydrogen-bond donors (Lipinski definition) is 2. The number of piperidine rings is 1. The lowest BCUT2D eigenvalue weighted by molar-refractivity contribution is 0.0868. The van der Waals surface area contributed by atoms with Gasteiger partial charge in [-0.15, -0.1) is 0 Å². The monoisotopic (exact) mass is 318 g/mol. The molecule has 0 bridgehead atoms. The molecule has 23 heavy (non-hydrogen) atoms. The quantitative estimate of drug-likeness (QED) is 0.896. The van der Waals surface area contributed by atoms with Gasteiger partial charge in [-0.3, -0.25) is 0 Å². The van der Waals surface area contributed by atoms with Crippen molar-refractivity contribution in [3.8, 4) is 0 Å². The molecule has 2 fully saturated rings. The van der Waals surface area contributed by atoms with Gasteiger partial charge in [-0.05, 0) is 51.2 Å². The van der Waals surface area contributed by atoms with E-state index in [-0.39, 0.29) is 18.2 Å². The van der Waals surface area contributed by atoms with Crippen LogP contribution in [0.25, 0.3) is 0 Å². The summed E-state index contributed by atoms with van der Waals surface area (Å²) in [6.07, 6.45) is 7.68. The Labute approximate surface area is 137 Å². The average molecular weight is 318 g/mol. The Bertz CT molecular complexity index is 508. The summed E-state index contributed by atoms with van der Waals surface area (Å²) in [6.45, 7) is 4.91. The van der Waals surface area contributed by atoms with Gasteiger partial charge in [0.25, 0.3) is 0 Å². The number of hydrogen-bond acceptors (Lipinski definition) is 4. The number of urea groups is 1. The molecule has 2 aliphatic heterocycles. The van der Waals surface area contributed by atoms with Crippen molar-refractivity contribution in [1.82, 2.24) is 10.3 Å². The van der Waals surface area contributed by atoms with Crippen molar-refractivity contribution < 1.29 is 9.53 Å². The molecule has 126 valence electrons. The Balaban J connectivity index is 1.50. The highest BCUT2D eigenvalue weighted by atomic mass is 16.5. The molecule has 0 spiro atoms. The van der Waals surface area contributed by atoms with Crippen LogP contribution in [0, 0.1) is 0 Å². The number of rotatable bonds is 4. The summed E-state index contributed by atoms with van der Waals surface area (Å²) >= 11 is 0. The van der Waals surface area contributed by atoms with Gasteiger partial charge in [0.1, 0.15) is 5.82 Å². The SMILES string of the molecule is CC(NC(=O)Nc1ccc(N2CCCCC2)nc1)C1CCCO1. The molecule has 2 unspecified atom stereocenters. The molecule has 2 saturated heterocycles. The van der Waals surface area contributed by atoms with Crippen molar-refractivity contribution >= 4 is 17.5 Å². The summed E-state index contributed by atoms with van der Waals surface area (Å²) in [6, 6.07) is 3.69. The van der Waals surface area contributed by atoms with Crippen molar-refractivity contribution in [2.45, 2.75) is 51.2 Å². The van der Waals surface area contributed by atoms with Crippen molar-refractivity contribution in [2.75, 3.05) is 29.9 Å². The summed E-state index contributed by atoms with van der Waals surface area (Å²) in [5.74, 6) is 0.989. The summed E-state index contributed by atoms with van der Waals surface area (Å²) in [5, 5.41) is 5.77. The van der Waals surface area contributed by atoms with E-state index < -0.39 is 0 Å². The van der Waals surface area contributed by atoms with Gasteiger partial charge in [-0.25, -0.2) is 9.78 Å². The third-order valence-corrected chi connectivity index (χ3v) is 4.57. The van der Waals surface area contributed by atoms with Crippen molar-refractivity contribution in [3.05, 3.63) is 18.3 Å². The number of anilines is 2. The molecule has 0 aliphatic carbocycles. The maximum absolute atomic E-state index is 12.1. The number of pyridine rings is 1. The molecular formula is C17H26N4O2. The topological polar surface area (TPSA) is 66.5 Å². The number of nitrogens with one attached hydrogen (secondary N) is 2. The molecular weight excluding hydrogens is 292 g/mol. The third-order valence-electron chi connectivity index (χ3n) is 4.57. The van der Waals surface area contributed by atoms with E-state index >= 15 is 0 Å². The number of aromatic nitrogens is 1. The van der Waals surface area contributed by atoms with Crippen LogP contribution in [0.3, 0.4) is 0 Å². The van der Waals surface area contributed by atoms with Gasteiger partial charge >= 0.3 is 6.03 Å². The van der Waals surface area contributed by atoms with Crippen LogP contribution >= 0.6 is 0 Å². The minimum Gasteiger partial charge on any atom is -0.376 e. The van der Waals surface area contributed by atoms with Crippen LogP contribution in [0.5, 0.6) is 0 Å². The number of ether oxygens (including phenoxy) is 1. The molecule has 2 N–H and O–H groups in total. The second-order valence-corrected chi connectivity index (χ2v) is 6.39. The number of nitrogens with zero attached hydrogens (tertiary/aromatic N) is 2. The highest BCUT2D eigenvalue weighted by Gasteiger charge is 2.23. The summed E-state index contributed by atoms with van der Waals surface area (Å²) < 4.78 is 5.59. The van der Waals surface area contributed by atoms with E-state index in [1.165, 1.54) is 19.3 Å². The minimum atomic E-state index is -0.208. The zero-order valence-corrected chi connectivity index (χ0v) is 13.8. The second kappa shape index (κ2) is 7.64. The Morgan fingerprint density at radius 2 is 2.13 bits per heavy atom. The predicted octanol–water partition coefficient (Wildman–Crippen LogP) is 2.76. The van der Waals surface area contributed by atoms with Gasteiger partial charge in [0.2, 0.25) is 0 Å². The van der Waals surface area contributed by atoms with Crippen LogP contribution < -0.4 is 15.5 Å². The molecule has 2 aliphatic rings. The zero-order valence-electron chi connectivity index (χ0n) is 13.8. The molecule has 0 aromatic carbocycles. The molecule has 6 heteroatoms. The van der Waals surface area contributed by atoms with E-state index in [9.17, 15) is 4.79 Å². The Morgan fingerprint density at radius 3 is 2.78 bits per heavy atom. The summed E-state index contributed by atoms with van der Waals surface area (Å²) in [4.78, 5) is 18.8. The lowest BCUT2D eigenvalue weighted by atomic mass is 10.1. The average Bonchev–Trinajstić information content (AvgIpc) is 3.11. The molecule has 6 nitrogen and oxygen atoms in total. The fourth-order valence-electron chi connectivity index (χ4n) is 3.23. The van der Waals surface area contributed by atoms with E-state index in [0.29, 0.717) is 5.69 Å². The first-order valence-electron chi connectivity index (χ1n) is 8.62. The lowest BCUT2D eigenvalue weighted by Gasteiger charge is -2.27. The van der Waals surface area contributed by atoms with Crippen molar-refractivity contribution in [3.63, 3.8) is 0 Å². The molecule has 1 aromatic rings. The van der Waals surface area contributed by atoms with E-state index in [2.05, 4.69) is 20.5 Å². The number of carbonyl (C=O) groups excluding carboxylic acids is 1.